The Morgan fingerprint density at radius 3 is 2.48 bits per heavy atom. The highest BCUT2D eigenvalue weighted by atomic mass is 32.2. The van der Waals surface area contributed by atoms with E-state index in [-0.39, 0.29) is 5.69 Å². The highest BCUT2D eigenvalue weighted by Crippen LogP contribution is 2.26. The van der Waals surface area contributed by atoms with E-state index in [1.54, 1.807) is 12.3 Å². The van der Waals surface area contributed by atoms with Crippen molar-refractivity contribution < 1.29 is 17.2 Å². The topological polar surface area (TPSA) is 62.3 Å². The van der Waals surface area contributed by atoms with Gasteiger partial charge in [-0.2, -0.15) is 8.78 Å². The molecule has 134 valence electrons. The van der Waals surface area contributed by atoms with Crippen LogP contribution in [0.2, 0.25) is 0 Å². The maximum absolute atomic E-state index is 12.8. The summed E-state index contributed by atoms with van der Waals surface area (Å²) in [5.41, 5.74) is 0.999. The van der Waals surface area contributed by atoms with Gasteiger partial charge in [0.1, 0.15) is 5.82 Å². The smallest absolute Gasteiger partial charge is 0.341 e. The number of hydrogen-bond donors (Lipinski definition) is 1. The summed E-state index contributed by atoms with van der Waals surface area (Å²) in [6, 6.07) is 9.50. The van der Waals surface area contributed by atoms with Crippen molar-refractivity contribution in [2.75, 3.05) is 23.3 Å². The van der Waals surface area contributed by atoms with Crippen LogP contribution < -0.4 is 10.2 Å². The van der Waals surface area contributed by atoms with E-state index in [0.717, 1.165) is 24.5 Å². The molecule has 1 aromatic heterocycles. The molecule has 0 radical (unpaired) electrons. The molecule has 8 heteroatoms. The standard InChI is InChI=1S/C17H19F2N3O2S/c18-17(19)25(23,24)15-6-2-1-5-14(15)20-11-13-7-8-16(21-12-13)22-9-3-4-10-22/h1-2,5-8,12,17,20H,3-4,9-11H2. The van der Waals surface area contributed by atoms with Crippen LogP contribution in [0.1, 0.15) is 18.4 Å². The number of pyridine rings is 1. The van der Waals surface area contributed by atoms with E-state index in [9.17, 15) is 17.2 Å². The number of aromatic nitrogens is 1. The van der Waals surface area contributed by atoms with Gasteiger partial charge >= 0.3 is 5.76 Å². The first kappa shape index (κ1) is 17.6. The number of sulfone groups is 1. The monoisotopic (exact) mass is 367 g/mol. The van der Waals surface area contributed by atoms with Crippen LogP contribution in [0.5, 0.6) is 0 Å². The number of alkyl halides is 2. The van der Waals surface area contributed by atoms with Crippen molar-refractivity contribution in [1.29, 1.82) is 0 Å². The first-order valence-electron chi connectivity index (χ1n) is 8.03. The van der Waals surface area contributed by atoms with Crippen molar-refractivity contribution in [3.63, 3.8) is 0 Å². The van der Waals surface area contributed by atoms with Gasteiger partial charge in [-0.1, -0.05) is 18.2 Å². The zero-order valence-corrected chi connectivity index (χ0v) is 14.3. The normalized spacial score (nSPS) is 14.9. The second-order valence-electron chi connectivity index (χ2n) is 5.87. The summed E-state index contributed by atoms with van der Waals surface area (Å²) in [5, 5.41) is 2.91. The molecule has 1 aliphatic rings. The molecule has 25 heavy (non-hydrogen) atoms. The number of benzene rings is 1. The van der Waals surface area contributed by atoms with Crippen LogP contribution in [0.25, 0.3) is 0 Å². The van der Waals surface area contributed by atoms with E-state index in [1.807, 2.05) is 12.1 Å². The van der Waals surface area contributed by atoms with Crippen LogP contribution in [0, 0.1) is 0 Å². The zero-order valence-electron chi connectivity index (χ0n) is 13.5. The minimum atomic E-state index is -4.65. The van der Waals surface area contributed by atoms with Gasteiger partial charge < -0.3 is 10.2 Å². The molecule has 1 fully saturated rings. The summed E-state index contributed by atoms with van der Waals surface area (Å²) >= 11 is 0. The van der Waals surface area contributed by atoms with Gasteiger partial charge in [0.25, 0.3) is 0 Å². The molecule has 1 aromatic carbocycles. The van der Waals surface area contributed by atoms with Gasteiger partial charge in [-0.25, -0.2) is 13.4 Å². The third-order valence-electron chi connectivity index (χ3n) is 4.15. The summed E-state index contributed by atoms with van der Waals surface area (Å²) < 4.78 is 49.1. The third-order valence-corrected chi connectivity index (χ3v) is 5.59. The van der Waals surface area contributed by atoms with Gasteiger partial charge in [-0.05, 0) is 36.6 Å². The molecule has 0 amide bonds. The molecule has 2 heterocycles. The third kappa shape index (κ3) is 3.89. The first-order chi connectivity index (χ1) is 12.0. The van der Waals surface area contributed by atoms with Gasteiger partial charge in [-0.15, -0.1) is 0 Å². The molecule has 1 aliphatic heterocycles. The fourth-order valence-electron chi connectivity index (χ4n) is 2.81. The van der Waals surface area contributed by atoms with Gasteiger partial charge in [0.15, 0.2) is 0 Å². The average Bonchev–Trinajstić information content (AvgIpc) is 3.15. The highest BCUT2D eigenvalue weighted by Gasteiger charge is 2.28. The lowest BCUT2D eigenvalue weighted by Crippen LogP contribution is -2.18. The lowest BCUT2D eigenvalue weighted by atomic mass is 10.2. The van der Waals surface area contributed by atoms with Crippen molar-refractivity contribution >= 4 is 21.3 Å². The van der Waals surface area contributed by atoms with Crippen molar-refractivity contribution in [3.05, 3.63) is 48.2 Å². The van der Waals surface area contributed by atoms with Gasteiger partial charge in [0.05, 0.1) is 10.6 Å². The van der Waals surface area contributed by atoms with Gasteiger partial charge in [0.2, 0.25) is 9.84 Å². The van der Waals surface area contributed by atoms with Crippen LogP contribution in [-0.2, 0) is 16.4 Å². The van der Waals surface area contributed by atoms with Crippen LogP contribution in [-0.4, -0.2) is 32.2 Å². The molecule has 0 spiro atoms. The van der Waals surface area contributed by atoms with Crippen molar-refractivity contribution in [3.8, 4) is 0 Å². The highest BCUT2D eigenvalue weighted by molar-refractivity contribution is 7.91. The first-order valence-corrected chi connectivity index (χ1v) is 9.58. The quantitative estimate of drug-likeness (QED) is 0.849. The second kappa shape index (κ2) is 7.35. The van der Waals surface area contributed by atoms with Gasteiger partial charge in [-0.3, -0.25) is 0 Å². The Hall–Kier alpha value is -2.22. The lowest BCUT2D eigenvalue weighted by Gasteiger charge is -2.16. The predicted molar refractivity (Wildman–Crippen MR) is 92.6 cm³/mol. The number of nitrogens with one attached hydrogen (secondary N) is 1. The van der Waals surface area contributed by atoms with Crippen LogP contribution >= 0.6 is 0 Å². The Balaban J connectivity index is 1.72. The maximum atomic E-state index is 12.8. The average molecular weight is 367 g/mol. The molecule has 2 aromatic rings. The Labute approximate surface area is 145 Å². The number of anilines is 2. The molecule has 0 bridgehead atoms. The molecular formula is C17H19F2N3O2S. The molecule has 1 saturated heterocycles. The van der Waals surface area contributed by atoms with E-state index < -0.39 is 20.5 Å². The van der Waals surface area contributed by atoms with Crippen LogP contribution in [0.4, 0.5) is 20.3 Å². The Morgan fingerprint density at radius 2 is 1.84 bits per heavy atom. The molecule has 0 unspecified atom stereocenters. The molecule has 0 aliphatic carbocycles. The molecular weight excluding hydrogens is 348 g/mol. The summed E-state index contributed by atoms with van der Waals surface area (Å²) in [5.74, 6) is -2.53. The Morgan fingerprint density at radius 1 is 1.12 bits per heavy atom. The molecule has 0 saturated carbocycles. The van der Waals surface area contributed by atoms with E-state index in [4.69, 9.17) is 0 Å². The molecule has 0 atom stereocenters. The SMILES string of the molecule is O=S(=O)(c1ccccc1NCc1ccc(N2CCCC2)nc1)C(F)F. The summed E-state index contributed by atoms with van der Waals surface area (Å²) in [7, 11) is -4.65. The minimum Gasteiger partial charge on any atom is -0.380 e. The molecule has 5 nitrogen and oxygen atoms in total. The van der Waals surface area contributed by atoms with Crippen molar-refractivity contribution in [2.24, 2.45) is 0 Å². The number of para-hydroxylation sites is 1. The van der Waals surface area contributed by atoms with Crippen molar-refractivity contribution in [1.82, 2.24) is 4.98 Å². The van der Waals surface area contributed by atoms with Crippen molar-refractivity contribution in [2.45, 2.75) is 30.0 Å². The number of rotatable bonds is 6. The largest absolute Gasteiger partial charge is 0.380 e. The van der Waals surface area contributed by atoms with Crippen LogP contribution in [0.15, 0.2) is 47.5 Å². The summed E-state index contributed by atoms with van der Waals surface area (Å²) in [6.45, 7) is 2.30. The Bertz CT molecular complexity index is 820. The minimum absolute atomic E-state index is 0.159. The fourth-order valence-corrected chi connectivity index (χ4v) is 3.72. The maximum Gasteiger partial charge on any atom is 0.341 e. The Kier molecular flexibility index (Phi) is 5.17. The van der Waals surface area contributed by atoms with E-state index in [2.05, 4.69) is 15.2 Å². The van der Waals surface area contributed by atoms with E-state index in [0.29, 0.717) is 6.54 Å². The van der Waals surface area contributed by atoms with E-state index >= 15 is 0 Å². The second-order valence-corrected chi connectivity index (χ2v) is 7.76. The lowest BCUT2D eigenvalue weighted by molar-refractivity contribution is 0.235. The zero-order chi connectivity index (χ0) is 17.9. The number of halogens is 2. The van der Waals surface area contributed by atoms with E-state index in [1.165, 1.54) is 31.0 Å². The number of nitrogens with zero attached hydrogens (tertiary/aromatic N) is 2. The van der Waals surface area contributed by atoms with Gasteiger partial charge in [0, 0.05) is 25.8 Å². The number of hydrogen-bond acceptors (Lipinski definition) is 5. The summed E-state index contributed by atoms with van der Waals surface area (Å²) in [4.78, 5) is 6.23. The predicted octanol–water partition coefficient (Wildman–Crippen LogP) is 3.29. The molecule has 3 rings (SSSR count). The van der Waals surface area contributed by atoms with Crippen LogP contribution in [0.3, 0.4) is 0 Å². The molecule has 1 N–H and O–H groups in total. The summed E-state index contributed by atoms with van der Waals surface area (Å²) in [6.07, 6.45) is 4.05. The fraction of sp³-hybridized carbons (Fsp3) is 0.353.